The van der Waals surface area contributed by atoms with Gasteiger partial charge in [-0.15, -0.1) is 22.7 Å². The van der Waals surface area contributed by atoms with Crippen LogP contribution in [0, 0.1) is 6.92 Å². The molecule has 4 aromatic rings. The summed E-state index contributed by atoms with van der Waals surface area (Å²) in [7, 11) is 0. The van der Waals surface area contributed by atoms with Crippen molar-refractivity contribution >= 4 is 39.5 Å². The number of hydrogen-bond donors (Lipinski definition) is 1. The molecular formula is C20H17N3O2S2. The Morgan fingerprint density at radius 2 is 1.89 bits per heavy atom. The number of nitrogens with one attached hydrogen (secondary N) is 1. The highest BCUT2D eigenvalue weighted by molar-refractivity contribution is 7.10. The summed E-state index contributed by atoms with van der Waals surface area (Å²) in [5.41, 5.74) is 1.52. The van der Waals surface area contributed by atoms with E-state index in [4.69, 9.17) is 0 Å². The number of hydrogen-bond acceptors (Lipinski definition) is 5. The van der Waals surface area contributed by atoms with Crippen LogP contribution in [0.3, 0.4) is 0 Å². The van der Waals surface area contributed by atoms with Gasteiger partial charge >= 0.3 is 0 Å². The normalized spacial score (nSPS) is 11.0. The van der Waals surface area contributed by atoms with E-state index in [2.05, 4.69) is 10.3 Å². The highest BCUT2D eigenvalue weighted by Crippen LogP contribution is 2.16. The van der Waals surface area contributed by atoms with Gasteiger partial charge < -0.3 is 9.88 Å². The largest absolute Gasteiger partial charge is 0.347 e. The Balaban J connectivity index is 1.66. The van der Waals surface area contributed by atoms with Gasteiger partial charge in [-0.25, -0.2) is 0 Å². The molecule has 4 heterocycles. The Bertz CT molecular complexity index is 1150. The molecule has 0 atom stereocenters. The van der Waals surface area contributed by atoms with Crippen LogP contribution in [0.15, 0.2) is 58.1 Å². The first kappa shape index (κ1) is 17.6. The number of aryl methyl sites for hydroxylation is 1. The summed E-state index contributed by atoms with van der Waals surface area (Å²) < 4.78 is 1.65. The smallest absolute Gasteiger partial charge is 0.260 e. The fourth-order valence-corrected chi connectivity index (χ4v) is 4.25. The molecule has 0 aliphatic carbocycles. The number of pyridine rings is 2. The number of amides is 1. The maximum atomic E-state index is 12.9. The molecule has 7 heteroatoms. The van der Waals surface area contributed by atoms with Crippen LogP contribution < -0.4 is 10.9 Å². The Kier molecular flexibility index (Phi) is 4.87. The summed E-state index contributed by atoms with van der Waals surface area (Å²) in [6.45, 7) is 2.77. The Morgan fingerprint density at radius 3 is 2.59 bits per heavy atom. The van der Waals surface area contributed by atoms with Gasteiger partial charge in [0.15, 0.2) is 0 Å². The van der Waals surface area contributed by atoms with Crippen LogP contribution >= 0.6 is 22.7 Å². The molecule has 0 spiro atoms. The lowest BCUT2D eigenvalue weighted by Crippen LogP contribution is -2.25. The fraction of sp³-hybridized carbons (Fsp3) is 0.150. The number of aromatic nitrogens is 2. The first-order valence-electron chi connectivity index (χ1n) is 8.45. The SMILES string of the molecule is Cc1nc2ccn(Cc3cccs3)c(=O)c2cc1C(=O)NCc1cccs1. The molecule has 1 N–H and O–H groups in total. The van der Waals surface area contributed by atoms with Crippen molar-refractivity contribution in [3.05, 3.63) is 84.7 Å². The number of rotatable bonds is 5. The molecule has 0 unspecified atom stereocenters. The molecular weight excluding hydrogens is 378 g/mol. The molecule has 0 saturated heterocycles. The van der Waals surface area contributed by atoms with Gasteiger partial charge in [0.25, 0.3) is 11.5 Å². The Morgan fingerprint density at radius 1 is 1.15 bits per heavy atom. The second-order valence-electron chi connectivity index (χ2n) is 6.14. The van der Waals surface area contributed by atoms with E-state index in [1.165, 1.54) is 0 Å². The monoisotopic (exact) mass is 395 g/mol. The van der Waals surface area contributed by atoms with E-state index in [1.807, 2.05) is 41.1 Å². The van der Waals surface area contributed by atoms with Crippen LogP contribution in [0.2, 0.25) is 0 Å². The van der Waals surface area contributed by atoms with E-state index in [0.29, 0.717) is 35.2 Å². The second kappa shape index (κ2) is 7.46. The molecule has 5 nitrogen and oxygen atoms in total. The number of fused-ring (bicyclic) bond motifs is 1. The van der Waals surface area contributed by atoms with Crippen molar-refractivity contribution < 1.29 is 4.79 Å². The van der Waals surface area contributed by atoms with E-state index in [9.17, 15) is 9.59 Å². The molecule has 0 bridgehead atoms. The molecule has 136 valence electrons. The van der Waals surface area contributed by atoms with Crippen molar-refractivity contribution in [2.24, 2.45) is 0 Å². The van der Waals surface area contributed by atoms with Crippen LogP contribution in [0.1, 0.15) is 25.8 Å². The average Bonchev–Trinajstić information content (AvgIpc) is 3.35. The predicted molar refractivity (Wildman–Crippen MR) is 110 cm³/mol. The van der Waals surface area contributed by atoms with Crippen LogP contribution in [-0.4, -0.2) is 15.5 Å². The van der Waals surface area contributed by atoms with Gasteiger partial charge in [-0.1, -0.05) is 12.1 Å². The van der Waals surface area contributed by atoms with E-state index in [-0.39, 0.29) is 11.5 Å². The third kappa shape index (κ3) is 3.70. The standard InChI is InChI=1S/C20H17N3O2S2/c1-13-16(19(24)21-11-14-4-2-8-26-14)10-17-18(22-13)6-7-23(20(17)25)12-15-5-3-9-27-15/h2-10H,11-12H2,1H3,(H,21,24). The van der Waals surface area contributed by atoms with Gasteiger partial charge in [-0.2, -0.15) is 0 Å². The maximum absolute atomic E-state index is 12.9. The maximum Gasteiger partial charge on any atom is 0.260 e. The number of carbonyl (C=O) groups is 1. The first-order chi connectivity index (χ1) is 13.1. The number of thiophene rings is 2. The van der Waals surface area contributed by atoms with Gasteiger partial charge in [0, 0.05) is 16.0 Å². The lowest BCUT2D eigenvalue weighted by molar-refractivity contribution is 0.0950. The highest BCUT2D eigenvalue weighted by Gasteiger charge is 2.14. The lowest BCUT2D eigenvalue weighted by Gasteiger charge is -2.10. The minimum atomic E-state index is -0.219. The van der Waals surface area contributed by atoms with Crippen LogP contribution in [0.25, 0.3) is 10.9 Å². The van der Waals surface area contributed by atoms with Gasteiger partial charge in [-0.3, -0.25) is 14.6 Å². The lowest BCUT2D eigenvalue weighted by atomic mass is 10.1. The van der Waals surface area contributed by atoms with Crippen LogP contribution in [0.5, 0.6) is 0 Å². The summed E-state index contributed by atoms with van der Waals surface area (Å²) >= 11 is 3.20. The molecule has 27 heavy (non-hydrogen) atoms. The molecule has 0 aromatic carbocycles. The van der Waals surface area contributed by atoms with Crippen molar-refractivity contribution in [3.8, 4) is 0 Å². The van der Waals surface area contributed by atoms with Gasteiger partial charge in [0.1, 0.15) is 0 Å². The van der Waals surface area contributed by atoms with Crippen molar-refractivity contribution in [1.29, 1.82) is 0 Å². The molecule has 0 aliphatic rings. The molecule has 0 radical (unpaired) electrons. The van der Waals surface area contributed by atoms with E-state index < -0.39 is 0 Å². The van der Waals surface area contributed by atoms with E-state index in [1.54, 1.807) is 46.4 Å². The highest BCUT2D eigenvalue weighted by atomic mass is 32.1. The summed E-state index contributed by atoms with van der Waals surface area (Å²) in [5, 5.41) is 7.32. The minimum absolute atomic E-state index is 0.138. The number of nitrogens with zero attached hydrogens (tertiary/aromatic N) is 2. The van der Waals surface area contributed by atoms with Gasteiger partial charge in [-0.05, 0) is 41.9 Å². The van der Waals surface area contributed by atoms with E-state index in [0.717, 1.165) is 9.75 Å². The Labute approximate surface area is 163 Å². The van der Waals surface area contributed by atoms with Crippen molar-refractivity contribution in [1.82, 2.24) is 14.9 Å². The molecule has 0 aliphatic heterocycles. The van der Waals surface area contributed by atoms with Gasteiger partial charge in [0.05, 0.1) is 35.2 Å². The average molecular weight is 396 g/mol. The van der Waals surface area contributed by atoms with Gasteiger partial charge in [0.2, 0.25) is 0 Å². The molecule has 0 saturated carbocycles. The van der Waals surface area contributed by atoms with Crippen LogP contribution in [0.4, 0.5) is 0 Å². The van der Waals surface area contributed by atoms with Crippen molar-refractivity contribution in [2.45, 2.75) is 20.0 Å². The van der Waals surface area contributed by atoms with E-state index >= 15 is 0 Å². The summed E-state index contributed by atoms with van der Waals surface area (Å²) in [6.07, 6.45) is 1.76. The molecule has 1 amide bonds. The Hall–Kier alpha value is -2.77. The topological polar surface area (TPSA) is 64.0 Å². The predicted octanol–water partition coefficient (Wildman–Crippen LogP) is 3.81. The zero-order valence-electron chi connectivity index (χ0n) is 14.6. The minimum Gasteiger partial charge on any atom is -0.347 e. The molecule has 0 fully saturated rings. The van der Waals surface area contributed by atoms with Crippen molar-refractivity contribution in [3.63, 3.8) is 0 Å². The quantitative estimate of drug-likeness (QED) is 0.559. The molecule has 4 aromatic heterocycles. The van der Waals surface area contributed by atoms with Crippen LogP contribution in [-0.2, 0) is 13.1 Å². The third-order valence-electron chi connectivity index (χ3n) is 4.30. The molecule has 4 rings (SSSR count). The summed E-state index contributed by atoms with van der Waals surface area (Å²) in [5.74, 6) is -0.219. The number of carbonyl (C=O) groups excluding carboxylic acids is 1. The summed E-state index contributed by atoms with van der Waals surface area (Å²) in [4.78, 5) is 32.1. The third-order valence-corrected chi connectivity index (χ3v) is 6.04. The first-order valence-corrected chi connectivity index (χ1v) is 10.2. The zero-order valence-corrected chi connectivity index (χ0v) is 16.3. The van der Waals surface area contributed by atoms with Crippen molar-refractivity contribution in [2.75, 3.05) is 0 Å². The second-order valence-corrected chi connectivity index (χ2v) is 8.21. The zero-order chi connectivity index (χ0) is 18.8. The fourth-order valence-electron chi connectivity index (χ4n) is 2.91. The summed E-state index contributed by atoms with van der Waals surface area (Å²) in [6, 6.07) is 11.4.